The molecule has 0 saturated carbocycles. The minimum Gasteiger partial charge on any atom is -0.477 e. The van der Waals surface area contributed by atoms with Crippen LogP contribution in [0, 0.1) is 0 Å². The first-order chi connectivity index (χ1) is 12.8. The van der Waals surface area contributed by atoms with Crippen molar-refractivity contribution in [3.05, 3.63) is 60.6 Å². The van der Waals surface area contributed by atoms with Gasteiger partial charge in [0, 0.05) is 25.2 Å². The molecule has 7 heteroatoms. The number of carbonyl (C=O) groups is 1. The summed E-state index contributed by atoms with van der Waals surface area (Å²) in [6, 6.07) is 10.1. The van der Waals surface area contributed by atoms with Gasteiger partial charge in [-0.1, -0.05) is 36.4 Å². The van der Waals surface area contributed by atoms with E-state index in [2.05, 4.69) is 37.7 Å². The number of benzene rings is 1. The summed E-state index contributed by atoms with van der Waals surface area (Å²) in [5.41, 5.74) is 2.40. The molecule has 1 aromatic carbocycles. The first-order valence-corrected chi connectivity index (χ1v) is 8.39. The van der Waals surface area contributed by atoms with Crippen LogP contribution in [0.1, 0.15) is 5.56 Å². The van der Waals surface area contributed by atoms with Gasteiger partial charge in [-0.15, -0.1) is 0 Å². The normalized spacial score (nSPS) is 11.1. The lowest BCUT2D eigenvalue weighted by Gasteiger charge is -2.08. The highest BCUT2D eigenvalue weighted by Gasteiger charge is 2.13. The second-order valence-electron chi connectivity index (χ2n) is 5.64. The maximum absolute atomic E-state index is 12.0. The number of carbonyl (C=O) groups excluding carboxylic acids is 1. The van der Waals surface area contributed by atoms with E-state index in [1.165, 1.54) is 18.0 Å². The Kier molecular flexibility index (Phi) is 5.95. The number of ether oxygens (including phenoxy) is 1. The minimum absolute atomic E-state index is 0.222. The van der Waals surface area contributed by atoms with Crippen molar-refractivity contribution in [3.63, 3.8) is 0 Å². The number of anilines is 1. The Balaban J connectivity index is 1.72. The summed E-state index contributed by atoms with van der Waals surface area (Å²) in [4.78, 5) is 23.5. The Hall–Kier alpha value is -3.19. The number of rotatable bonds is 8. The predicted molar refractivity (Wildman–Crippen MR) is 101 cm³/mol. The Morgan fingerprint density at radius 2 is 2.12 bits per heavy atom. The maximum atomic E-state index is 12.0. The molecule has 2 heterocycles. The monoisotopic (exact) mass is 351 g/mol. The maximum Gasteiger partial charge on any atom is 0.248 e. The fourth-order valence-electron chi connectivity index (χ4n) is 2.51. The lowest BCUT2D eigenvalue weighted by Crippen LogP contribution is -2.10. The predicted octanol–water partition coefficient (Wildman–Crippen LogP) is 2.29. The summed E-state index contributed by atoms with van der Waals surface area (Å²) >= 11 is 0. The number of fused-ring (bicyclic) bond motifs is 1. The van der Waals surface area contributed by atoms with Crippen LogP contribution < -0.4 is 15.4 Å². The van der Waals surface area contributed by atoms with E-state index in [4.69, 9.17) is 4.74 Å². The third-order valence-electron chi connectivity index (χ3n) is 3.76. The van der Waals surface area contributed by atoms with E-state index < -0.39 is 0 Å². The molecule has 0 aliphatic carbocycles. The van der Waals surface area contributed by atoms with Crippen LogP contribution in [0.4, 0.5) is 5.69 Å². The van der Waals surface area contributed by atoms with Crippen LogP contribution in [0.2, 0.25) is 0 Å². The summed E-state index contributed by atoms with van der Waals surface area (Å²) < 4.78 is 5.85. The Morgan fingerprint density at radius 3 is 2.92 bits per heavy atom. The van der Waals surface area contributed by atoms with Gasteiger partial charge in [-0.3, -0.25) is 4.79 Å². The van der Waals surface area contributed by atoms with Gasteiger partial charge >= 0.3 is 0 Å². The molecular formula is C19H21N5O2. The van der Waals surface area contributed by atoms with Gasteiger partial charge in [-0.05, 0) is 12.6 Å². The molecule has 134 valence electrons. The fraction of sp³-hybridized carbons (Fsp3) is 0.211. The third kappa shape index (κ3) is 4.46. The molecule has 0 spiro atoms. The van der Waals surface area contributed by atoms with E-state index in [1.54, 1.807) is 12.3 Å². The smallest absolute Gasteiger partial charge is 0.248 e. The van der Waals surface area contributed by atoms with Gasteiger partial charge in [0.05, 0.1) is 12.3 Å². The zero-order valence-corrected chi connectivity index (χ0v) is 14.5. The van der Waals surface area contributed by atoms with Crippen LogP contribution in [0.5, 0.6) is 5.88 Å². The number of H-pyrrole nitrogens is 1. The van der Waals surface area contributed by atoms with Gasteiger partial charge in [-0.25, -0.2) is 9.97 Å². The topological polar surface area (TPSA) is 91.9 Å². The molecule has 26 heavy (non-hydrogen) atoms. The summed E-state index contributed by atoms with van der Waals surface area (Å²) in [5, 5.41) is 6.43. The van der Waals surface area contributed by atoms with Gasteiger partial charge < -0.3 is 20.4 Å². The van der Waals surface area contributed by atoms with Crippen LogP contribution >= 0.6 is 0 Å². The van der Waals surface area contributed by atoms with E-state index >= 15 is 0 Å². The molecule has 1 amide bonds. The van der Waals surface area contributed by atoms with Crippen molar-refractivity contribution in [2.75, 3.05) is 25.5 Å². The van der Waals surface area contributed by atoms with Crippen LogP contribution in [0.15, 0.2) is 55.0 Å². The zero-order valence-electron chi connectivity index (χ0n) is 14.5. The third-order valence-corrected chi connectivity index (χ3v) is 3.76. The van der Waals surface area contributed by atoms with E-state index in [9.17, 15) is 4.79 Å². The number of hydrogen-bond donors (Lipinski definition) is 3. The van der Waals surface area contributed by atoms with Gasteiger partial charge in [0.15, 0.2) is 0 Å². The second-order valence-corrected chi connectivity index (χ2v) is 5.64. The minimum atomic E-state index is -0.222. The lowest BCUT2D eigenvalue weighted by atomic mass is 10.2. The lowest BCUT2D eigenvalue weighted by molar-refractivity contribution is -0.111. The summed E-state index contributed by atoms with van der Waals surface area (Å²) in [6.45, 7) is 1.11. The van der Waals surface area contributed by atoms with Crippen molar-refractivity contribution in [3.8, 4) is 5.88 Å². The van der Waals surface area contributed by atoms with Crippen molar-refractivity contribution in [1.29, 1.82) is 0 Å². The van der Waals surface area contributed by atoms with Crippen LogP contribution in [0.25, 0.3) is 11.0 Å². The molecule has 0 aliphatic rings. The first-order valence-electron chi connectivity index (χ1n) is 8.39. The largest absolute Gasteiger partial charge is 0.477 e. The molecule has 7 nitrogen and oxygen atoms in total. The quantitative estimate of drug-likeness (QED) is 0.542. The van der Waals surface area contributed by atoms with Gasteiger partial charge in [-0.2, -0.15) is 0 Å². The number of aromatic amines is 1. The SMILES string of the molecule is CNC/C=C/C(=O)Nc1c[nH]c2ncnc(OCCc3ccccc3)c12. The molecule has 0 bridgehead atoms. The Labute approximate surface area is 151 Å². The molecule has 0 fully saturated rings. The van der Waals surface area contributed by atoms with Crippen molar-refractivity contribution < 1.29 is 9.53 Å². The van der Waals surface area contributed by atoms with Crippen molar-refractivity contribution in [2.24, 2.45) is 0 Å². The summed E-state index contributed by atoms with van der Waals surface area (Å²) in [6.07, 6.45) is 7.13. The van der Waals surface area contributed by atoms with E-state index in [0.29, 0.717) is 35.8 Å². The average Bonchev–Trinajstić information content (AvgIpc) is 3.06. The van der Waals surface area contributed by atoms with Gasteiger partial charge in [0.2, 0.25) is 11.8 Å². The van der Waals surface area contributed by atoms with Crippen LogP contribution in [-0.4, -0.2) is 41.1 Å². The molecule has 3 rings (SSSR count). The van der Waals surface area contributed by atoms with Crippen molar-refractivity contribution >= 4 is 22.6 Å². The highest BCUT2D eigenvalue weighted by molar-refractivity contribution is 6.06. The summed E-state index contributed by atoms with van der Waals surface area (Å²) in [5.74, 6) is 0.224. The van der Waals surface area contributed by atoms with E-state index in [0.717, 1.165) is 6.42 Å². The number of nitrogens with zero attached hydrogens (tertiary/aromatic N) is 2. The molecule has 2 aromatic heterocycles. The molecule has 0 saturated heterocycles. The molecule has 3 N–H and O–H groups in total. The fourth-order valence-corrected chi connectivity index (χ4v) is 2.51. The van der Waals surface area contributed by atoms with Crippen molar-refractivity contribution in [2.45, 2.75) is 6.42 Å². The molecule has 3 aromatic rings. The Bertz CT molecular complexity index is 889. The first kappa shape index (κ1) is 17.6. The summed E-state index contributed by atoms with van der Waals surface area (Å²) in [7, 11) is 1.82. The number of aromatic nitrogens is 3. The van der Waals surface area contributed by atoms with Crippen LogP contribution in [-0.2, 0) is 11.2 Å². The Morgan fingerprint density at radius 1 is 1.27 bits per heavy atom. The molecule has 0 radical (unpaired) electrons. The standard InChI is InChI=1S/C19H21N5O2/c1-20-10-5-8-16(25)24-15-12-21-18-17(15)19(23-13-22-18)26-11-9-14-6-3-2-4-7-14/h2-8,12-13,20H,9-11H2,1H3,(H,24,25)(H,21,22,23)/b8-5+. The second kappa shape index (κ2) is 8.77. The zero-order chi connectivity index (χ0) is 18.2. The highest BCUT2D eigenvalue weighted by atomic mass is 16.5. The number of nitrogens with one attached hydrogen (secondary N) is 3. The molecular weight excluding hydrogens is 330 g/mol. The number of amides is 1. The molecule has 0 atom stereocenters. The van der Waals surface area contributed by atoms with E-state index in [1.807, 2.05) is 25.2 Å². The molecule has 0 unspecified atom stereocenters. The van der Waals surface area contributed by atoms with Crippen LogP contribution in [0.3, 0.4) is 0 Å². The average molecular weight is 351 g/mol. The van der Waals surface area contributed by atoms with Crippen molar-refractivity contribution in [1.82, 2.24) is 20.3 Å². The number of hydrogen-bond acceptors (Lipinski definition) is 5. The number of likely N-dealkylation sites (N-methyl/N-ethyl adjacent to an activating group) is 1. The highest BCUT2D eigenvalue weighted by Crippen LogP contribution is 2.29. The van der Waals surface area contributed by atoms with Gasteiger partial charge in [0.25, 0.3) is 0 Å². The van der Waals surface area contributed by atoms with E-state index in [-0.39, 0.29) is 5.91 Å². The molecule has 0 aliphatic heterocycles. The van der Waals surface area contributed by atoms with Gasteiger partial charge in [0.1, 0.15) is 17.4 Å².